The number of anilines is 1. The molecule has 2 aromatic rings. The average molecular weight is 281 g/mol. The number of aliphatic hydroxyl groups excluding tert-OH is 2. The number of imidazole rings is 1. The van der Waals surface area contributed by atoms with E-state index in [1.165, 1.54) is 19.8 Å². The van der Waals surface area contributed by atoms with Crippen LogP contribution in [0.15, 0.2) is 12.7 Å². The standard InChI is InChI=1S/C11H15N5O4/c1-19-11-8(18)7(17)5(20-11)2-16-4-15-6-9(12)13-3-14-10(6)16/h3-5,7-8,11,17-18H,2H2,1H3,(H2,12,13,14)/t5-,7-,8-,11?/m1/s1. The van der Waals surface area contributed by atoms with E-state index in [4.69, 9.17) is 15.2 Å². The lowest BCUT2D eigenvalue weighted by Crippen LogP contribution is -2.34. The molecule has 0 amide bonds. The summed E-state index contributed by atoms with van der Waals surface area (Å²) < 4.78 is 12.1. The van der Waals surface area contributed by atoms with Gasteiger partial charge in [-0.3, -0.25) is 0 Å². The Morgan fingerprint density at radius 3 is 2.85 bits per heavy atom. The third kappa shape index (κ3) is 2.00. The van der Waals surface area contributed by atoms with E-state index in [-0.39, 0.29) is 12.4 Å². The predicted octanol–water partition coefficient (Wildman–Crippen LogP) is -1.50. The van der Waals surface area contributed by atoms with Crippen molar-refractivity contribution in [2.45, 2.75) is 31.1 Å². The van der Waals surface area contributed by atoms with Gasteiger partial charge in [0.25, 0.3) is 0 Å². The molecule has 0 saturated carbocycles. The maximum atomic E-state index is 9.94. The molecule has 0 bridgehead atoms. The number of aromatic nitrogens is 4. The summed E-state index contributed by atoms with van der Waals surface area (Å²) in [5, 5.41) is 19.7. The number of nitrogens with zero attached hydrogens (tertiary/aromatic N) is 4. The van der Waals surface area contributed by atoms with E-state index < -0.39 is 24.6 Å². The highest BCUT2D eigenvalue weighted by molar-refractivity contribution is 5.81. The van der Waals surface area contributed by atoms with Crippen LogP contribution < -0.4 is 5.73 Å². The van der Waals surface area contributed by atoms with Crippen LogP contribution in [-0.4, -0.2) is 61.4 Å². The van der Waals surface area contributed by atoms with Crippen molar-refractivity contribution in [2.75, 3.05) is 12.8 Å². The highest BCUT2D eigenvalue weighted by Gasteiger charge is 2.43. The van der Waals surface area contributed by atoms with Crippen molar-refractivity contribution in [3.8, 4) is 0 Å². The van der Waals surface area contributed by atoms with Crippen LogP contribution in [0.25, 0.3) is 11.2 Å². The van der Waals surface area contributed by atoms with Gasteiger partial charge in [-0.15, -0.1) is 0 Å². The number of methoxy groups -OCH3 is 1. The van der Waals surface area contributed by atoms with E-state index >= 15 is 0 Å². The summed E-state index contributed by atoms with van der Waals surface area (Å²) in [7, 11) is 1.41. The highest BCUT2D eigenvalue weighted by atomic mass is 16.7. The molecule has 1 aliphatic heterocycles. The van der Waals surface area contributed by atoms with E-state index in [1.54, 1.807) is 4.57 Å². The molecule has 3 rings (SSSR count). The first-order valence-electron chi connectivity index (χ1n) is 6.07. The van der Waals surface area contributed by atoms with Crippen LogP contribution in [0.2, 0.25) is 0 Å². The number of hydrogen-bond donors (Lipinski definition) is 3. The Balaban J connectivity index is 1.85. The van der Waals surface area contributed by atoms with E-state index in [0.717, 1.165) is 0 Å². The van der Waals surface area contributed by atoms with Crippen molar-refractivity contribution in [2.24, 2.45) is 0 Å². The molecule has 4 atom stereocenters. The molecule has 9 heteroatoms. The fourth-order valence-corrected chi connectivity index (χ4v) is 2.29. The first kappa shape index (κ1) is 13.2. The summed E-state index contributed by atoms with van der Waals surface area (Å²) >= 11 is 0. The highest BCUT2D eigenvalue weighted by Crippen LogP contribution is 2.24. The van der Waals surface area contributed by atoms with Crippen molar-refractivity contribution in [1.82, 2.24) is 19.5 Å². The van der Waals surface area contributed by atoms with Crippen molar-refractivity contribution < 1.29 is 19.7 Å². The molecule has 2 aromatic heterocycles. The van der Waals surface area contributed by atoms with Gasteiger partial charge in [-0.05, 0) is 0 Å². The Bertz CT molecular complexity index is 618. The first-order chi connectivity index (χ1) is 9.61. The molecule has 20 heavy (non-hydrogen) atoms. The van der Waals surface area contributed by atoms with Gasteiger partial charge in [0.1, 0.15) is 30.2 Å². The lowest BCUT2D eigenvalue weighted by molar-refractivity contribution is -0.149. The van der Waals surface area contributed by atoms with Crippen molar-refractivity contribution >= 4 is 17.0 Å². The van der Waals surface area contributed by atoms with Gasteiger partial charge in [0.05, 0.1) is 12.9 Å². The second-order valence-corrected chi connectivity index (χ2v) is 4.59. The van der Waals surface area contributed by atoms with Gasteiger partial charge < -0.3 is 30.0 Å². The van der Waals surface area contributed by atoms with E-state index in [9.17, 15) is 10.2 Å². The van der Waals surface area contributed by atoms with Crippen LogP contribution in [-0.2, 0) is 16.0 Å². The molecular weight excluding hydrogens is 266 g/mol. The Morgan fingerprint density at radius 2 is 2.15 bits per heavy atom. The normalized spacial score (nSPS) is 30.1. The van der Waals surface area contributed by atoms with Crippen molar-refractivity contribution in [3.63, 3.8) is 0 Å². The molecule has 9 nitrogen and oxygen atoms in total. The first-order valence-corrected chi connectivity index (χ1v) is 6.07. The van der Waals surface area contributed by atoms with Crippen molar-refractivity contribution in [3.05, 3.63) is 12.7 Å². The molecule has 4 N–H and O–H groups in total. The summed E-state index contributed by atoms with van der Waals surface area (Å²) in [6.45, 7) is 0.269. The predicted molar refractivity (Wildman–Crippen MR) is 67.4 cm³/mol. The summed E-state index contributed by atoms with van der Waals surface area (Å²) in [6, 6.07) is 0. The van der Waals surface area contributed by atoms with Crippen molar-refractivity contribution in [1.29, 1.82) is 0 Å². The van der Waals surface area contributed by atoms with Crippen LogP contribution in [0.4, 0.5) is 5.82 Å². The maximum absolute atomic E-state index is 9.94. The summed E-state index contributed by atoms with van der Waals surface area (Å²) in [5.41, 5.74) is 6.74. The molecule has 1 aliphatic rings. The van der Waals surface area contributed by atoms with Crippen LogP contribution in [0.3, 0.4) is 0 Å². The monoisotopic (exact) mass is 281 g/mol. The zero-order valence-corrected chi connectivity index (χ0v) is 10.7. The van der Waals surface area contributed by atoms with E-state index in [1.807, 2.05) is 0 Å². The molecule has 108 valence electrons. The number of nitrogen functional groups attached to an aromatic ring is 1. The largest absolute Gasteiger partial charge is 0.387 e. The zero-order valence-electron chi connectivity index (χ0n) is 10.7. The molecule has 1 unspecified atom stereocenters. The van der Waals surface area contributed by atoms with Crippen LogP contribution in [0.1, 0.15) is 0 Å². The SMILES string of the molecule is COC1O[C@H](Cn2cnc3c(N)ncnc32)[C@@H](O)[C@H]1O. The minimum absolute atomic E-state index is 0.269. The van der Waals surface area contributed by atoms with Crippen LogP contribution in [0, 0.1) is 0 Å². The smallest absolute Gasteiger partial charge is 0.186 e. The number of aliphatic hydroxyl groups is 2. The van der Waals surface area contributed by atoms with E-state index in [2.05, 4.69) is 15.0 Å². The molecular formula is C11H15N5O4. The topological polar surface area (TPSA) is 129 Å². The maximum Gasteiger partial charge on any atom is 0.186 e. The van der Waals surface area contributed by atoms with Crippen LogP contribution in [0.5, 0.6) is 0 Å². The summed E-state index contributed by atoms with van der Waals surface area (Å²) in [5.74, 6) is 0.288. The minimum atomic E-state index is -1.08. The molecule has 0 spiro atoms. The second kappa shape index (κ2) is 4.94. The molecule has 0 aliphatic carbocycles. The third-order valence-corrected chi connectivity index (χ3v) is 3.36. The molecule has 0 radical (unpaired) electrons. The summed E-state index contributed by atoms with van der Waals surface area (Å²) in [4.78, 5) is 12.1. The summed E-state index contributed by atoms with van der Waals surface area (Å²) in [6.07, 6.45) is -0.712. The lowest BCUT2D eigenvalue weighted by atomic mass is 10.1. The van der Waals surface area contributed by atoms with Gasteiger partial charge in [-0.1, -0.05) is 0 Å². The average Bonchev–Trinajstić information content (AvgIpc) is 2.97. The molecule has 1 fully saturated rings. The van der Waals surface area contributed by atoms with Gasteiger partial charge in [-0.2, -0.15) is 0 Å². The number of nitrogens with two attached hydrogens (primary N) is 1. The number of rotatable bonds is 3. The number of ether oxygens (including phenoxy) is 2. The lowest BCUT2D eigenvalue weighted by Gasteiger charge is -2.14. The Morgan fingerprint density at radius 1 is 1.35 bits per heavy atom. The van der Waals surface area contributed by atoms with Gasteiger partial charge in [0.15, 0.2) is 17.8 Å². The fourth-order valence-electron chi connectivity index (χ4n) is 2.29. The Kier molecular flexibility index (Phi) is 3.26. The quantitative estimate of drug-likeness (QED) is 0.620. The number of hydrogen-bond acceptors (Lipinski definition) is 8. The van der Waals surface area contributed by atoms with Gasteiger partial charge in [-0.25, -0.2) is 15.0 Å². The zero-order chi connectivity index (χ0) is 14.3. The second-order valence-electron chi connectivity index (χ2n) is 4.59. The molecule has 3 heterocycles. The third-order valence-electron chi connectivity index (χ3n) is 3.36. The van der Waals surface area contributed by atoms with E-state index in [0.29, 0.717) is 11.2 Å². The van der Waals surface area contributed by atoms with Crippen LogP contribution >= 0.6 is 0 Å². The number of fused-ring (bicyclic) bond motifs is 1. The fraction of sp³-hybridized carbons (Fsp3) is 0.545. The minimum Gasteiger partial charge on any atom is -0.387 e. The van der Waals surface area contributed by atoms with Gasteiger partial charge in [0, 0.05) is 7.11 Å². The van der Waals surface area contributed by atoms with Gasteiger partial charge in [0.2, 0.25) is 0 Å². The van der Waals surface area contributed by atoms with Gasteiger partial charge >= 0.3 is 0 Å². The Hall–Kier alpha value is -1.81. The molecule has 0 aromatic carbocycles. The molecule has 1 saturated heterocycles. The Labute approximate surface area is 114 Å².